The number of hydrogen-bond acceptors (Lipinski definition) is 4. The number of nitrogens with zero attached hydrogens (tertiary/aromatic N) is 2. The van der Waals surface area contributed by atoms with Crippen molar-refractivity contribution < 1.29 is 13.9 Å². The summed E-state index contributed by atoms with van der Waals surface area (Å²) in [5.41, 5.74) is 1.41. The highest BCUT2D eigenvalue weighted by Gasteiger charge is 2.24. The number of amides is 1. The van der Waals surface area contributed by atoms with Crippen LogP contribution in [0.25, 0.3) is 10.9 Å². The Labute approximate surface area is 167 Å². The number of H-pyrrole nitrogens is 1. The lowest BCUT2D eigenvalue weighted by Gasteiger charge is -2.34. The summed E-state index contributed by atoms with van der Waals surface area (Å²) in [6.45, 7) is 2.72. The maximum atomic E-state index is 13.9. The van der Waals surface area contributed by atoms with Crippen LogP contribution in [0.1, 0.15) is 15.9 Å². The van der Waals surface area contributed by atoms with Crippen LogP contribution in [0.2, 0.25) is 0 Å². The zero-order valence-electron chi connectivity index (χ0n) is 16.2. The number of ether oxygens (including phenoxy) is 1. The number of piperazine rings is 1. The summed E-state index contributed by atoms with van der Waals surface area (Å²) < 4.78 is 19.1. The standard InChI is InChI=1S/C22H22FN3O3/c1-29-17-6-7-20-15(13-17)12-16(21(27)24-20)14-25-8-10-26(11-9-25)22(28)18-4-2-3-5-19(18)23/h2-7,12-13H,8-11,14H2,1H3,(H,24,27). The first kappa shape index (κ1) is 19.1. The average Bonchev–Trinajstić information content (AvgIpc) is 2.74. The molecule has 3 aromatic rings. The largest absolute Gasteiger partial charge is 0.497 e. The molecule has 1 amide bonds. The van der Waals surface area contributed by atoms with Crippen LogP contribution in [-0.2, 0) is 6.54 Å². The normalized spacial score (nSPS) is 14.9. The molecule has 0 radical (unpaired) electrons. The Kier molecular flexibility index (Phi) is 5.31. The minimum Gasteiger partial charge on any atom is -0.497 e. The molecule has 4 rings (SSSR count). The van der Waals surface area contributed by atoms with E-state index < -0.39 is 5.82 Å². The van der Waals surface area contributed by atoms with Crippen molar-refractivity contribution in [1.82, 2.24) is 14.8 Å². The van der Waals surface area contributed by atoms with Crippen molar-refractivity contribution in [1.29, 1.82) is 0 Å². The van der Waals surface area contributed by atoms with E-state index in [1.54, 1.807) is 24.1 Å². The lowest BCUT2D eigenvalue weighted by Crippen LogP contribution is -2.48. The summed E-state index contributed by atoms with van der Waals surface area (Å²) in [4.78, 5) is 31.7. The molecule has 6 nitrogen and oxygen atoms in total. The fourth-order valence-electron chi connectivity index (χ4n) is 3.63. The molecule has 1 fully saturated rings. The average molecular weight is 395 g/mol. The Morgan fingerprint density at radius 2 is 1.86 bits per heavy atom. The Morgan fingerprint density at radius 1 is 1.10 bits per heavy atom. The van der Waals surface area contributed by atoms with Gasteiger partial charge < -0.3 is 14.6 Å². The fourth-order valence-corrected chi connectivity index (χ4v) is 3.63. The molecule has 0 atom stereocenters. The number of aromatic nitrogens is 1. The third-order valence-corrected chi connectivity index (χ3v) is 5.29. The van der Waals surface area contributed by atoms with Crippen molar-refractivity contribution in [2.24, 2.45) is 0 Å². The number of fused-ring (bicyclic) bond motifs is 1. The number of methoxy groups -OCH3 is 1. The molecule has 1 aliphatic heterocycles. The quantitative estimate of drug-likeness (QED) is 0.738. The molecule has 2 aromatic carbocycles. The molecule has 29 heavy (non-hydrogen) atoms. The number of rotatable bonds is 4. The number of carbonyl (C=O) groups excluding carboxylic acids is 1. The van der Waals surface area contributed by atoms with Crippen LogP contribution in [0.3, 0.4) is 0 Å². The van der Waals surface area contributed by atoms with Crippen LogP contribution in [0.15, 0.2) is 53.3 Å². The molecule has 1 N–H and O–H groups in total. The molecule has 1 aliphatic rings. The van der Waals surface area contributed by atoms with E-state index in [4.69, 9.17) is 4.74 Å². The highest BCUT2D eigenvalue weighted by atomic mass is 19.1. The molecular weight excluding hydrogens is 373 g/mol. The van der Waals surface area contributed by atoms with Crippen molar-refractivity contribution in [3.8, 4) is 5.75 Å². The van der Waals surface area contributed by atoms with Crippen LogP contribution < -0.4 is 10.3 Å². The van der Waals surface area contributed by atoms with Gasteiger partial charge in [0.1, 0.15) is 11.6 Å². The van der Waals surface area contributed by atoms with Crippen molar-refractivity contribution in [2.75, 3.05) is 33.3 Å². The number of pyridine rings is 1. The summed E-state index contributed by atoms with van der Waals surface area (Å²) in [6.07, 6.45) is 0. The van der Waals surface area contributed by atoms with Gasteiger partial charge in [-0.15, -0.1) is 0 Å². The van der Waals surface area contributed by atoms with Gasteiger partial charge in [0.15, 0.2) is 0 Å². The predicted molar refractivity (Wildman–Crippen MR) is 109 cm³/mol. The maximum Gasteiger partial charge on any atom is 0.256 e. The van der Waals surface area contributed by atoms with Crippen molar-refractivity contribution in [3.05, 3.63) is 75.8 Å². The minimum atomic E-state index is -0.502. The Bertz CT molecular complexity index is 1100. The van der Waals surface area contributed by atoms with Gasteiger partial charge in [-0.25, -0.2) is 4.39 Å². The van der Waals surface area contributed by atoms with Crippen LogP contribution in [0, 0.1) is 5.82 Å². The zero-order valence-corrected chi connectivity index (χ0v) is 16.2. The van der Waals surface area contributed by atoms with E-state index in [9.17, 15) is 14.0 Å². The van der Waals surface area contributed by atoms with E-state index in [0.717, 1.165) is 16.7 Å². The van der Waals surface area contributed by atoms with Crippen LogP contribution in [-0.4, -0.2) is 54.0 Å². The molecule has 1 aromatic heterocycles. The molecule has 0 aliphatic carbocycles. The Morgan fingerprint density at radius 3 is 2.59 bits per heavy atom. The molecular formula is C22H22FN3O3. The third kappa shape index (κ3) is 4.00. The smallest absolute Gasteiger partial charge is 0.256 e. The van der Waals surface area contributed by atoms with Gasteiger partial charge in [0.25, 0.3) is 11.5 Å². The summed E-state index contributed by atoms with van der Waals surface area (Å²) in [7, 11) is 1.61. The topological polar surface area (TPSA) is 65.6 Å². The number of nitrogens with one attached hydrogen (secondary N) is 1. The van der Waals surface area contributed by atoms with Crippen molar-refractivity contribution >= 4 is 16.8 Å². The van der Waals surface area contributed by atoms with Crippen LogP contribution in [0.4, 0.5) is 4.39 Å². The molecule has 1 saturated heterocycles. The van der Waals surface area contributed by atoms with Crippen LogP contribution >= 0.6 is 0 Å². The first-order chi connectivity index (χ1) is 14.0. The number of hydrogen-bond donors (Lipinski definition) is 1. The Balaban J connectivity index is 1.44. The predicted octanol–water partition coefficient (Wildman–Crippen LogP) is 2.63. The SMILES string of the molecule is COc1ccc2[nH]c(=O)c(CN3CCN(C(=O)c4ccccc4F)CC3)cc2c1. The molecule has 0 spiro atoms. The fraction of sp³-hybridized carbons (Fsp3) is 0.273. The monoisotopic (exact) mass is 395 g/mol. The molecule has 0 bridgehead atoms. The van der Waals surface area contributed by atoms with E-state index >= 15 is 0 Å². The second-order valence-corrected chi connectivity index (χ2v) is 7.13. The first-order valence-corrected chi connectivity index (χ1v) is 9.51. The zero-order chi connectivity index (χ0) is 20.4. The summed E-state index contributed by atoms with van der Waals surface area (Å²) in [5, 5.41) is 0.910. The minimum absolute atomic E-state index is 0.0980. The highest BCUT2D eigenvalue weighted by Crippen LogP contribution is 2.20. The number of carbonyl (C=O) groups is 1. The van der Waals surface area contributed by atoms with E-state index in [1.807, 2.05) is 24.3 Å². The van der Waals surface area contributed by atoms with Gasteiger partial charge in [-0.05, 0) is 36.4 Å². The number of halogens is 1. The Hall–Kier alpha value is -3.19. The highest BCUT2D eigenvalue weighted by molar-refractivity contribution is 5.94. The second kappa shape index (κ2) is 8.05. The van der Waals surface area contributed by atoms with E-state index in [-0.39, 0.29) is 17.0 Å². The molecule has 0 unspecified atom stereocenters. The van der Waals surface area contributed by atoms with Gasteiger partial charge >= 0.3 is 0 Å². The van der Waals surface area contributed by atoms with Gasteiger partial charge in [0.05, 0.1) is 12.7 Å². The van der Waals surface area contributed by atoms with Crippen LogP contribution in [0.5, 0.6) is 5.75 Å². The van der Waals surface area contributed by atoms with E-state index in [0.29, 0.717) is 38.3 Å². The lowest BCUT2D eigenvalue weighted by molar-refractivity contribution is 0.0623. The summed E-state index contributed by atoms with van der Waals surface area (Å²) >= 11 is 0. The third-order valence-electron chi connectivity index (χ3n) is 5.29. The van der Waals surface area contributed by atoms with Crippen molar-refractivity contribution in [3.63, 3.8) is 0 Å². The summed E-state index contributed by atoms with van der Waals surface area (Å²) in [6, 6.07) is 13.4. The van der Waals surface area contributed by atoms with Gasteiger partial charge in [-0.3, -0.25) is 14.5 Å². The molecule has 7 heteroatoms. The van der Waals surface area contributed by atoms with Gasteiger partial charge in [0.2, 0.25) is 0 Å². The molecule has 150 valence electrons. The maximum absolute atomic E-state index is 13.9. The van der Waals surface area contributed by atoms with E-state index in [1.165, 1.54) is 12.1 Å². The van der Waals surface area contributed by atoms with Gasteiger partial charge in [-0.2, -0.15) is 0 Å². The van der Waals surface area contributed by atoms with Gasteiger partial charge in [0, 0.05) is 49.2 Å². The lowest BCUT2D eigenvalue weighted by atomic mass is 10.1. The van der Waals surface area contributed by atoms with Gasteiger partial charge in [-0.1, -0.05) is 12.1 Å². The second-order valence-electron chi connectivity index (χ2n) is 7.13. The number of aromatic amines is 1. The number of benzene rings is 2. The molecule has 0 saturated carbocycles. The van der Waals surface area contributed by atoms with E-state index in [2.05, 4.69) is 9.88 Å². The summed E-state index contributed by atoms with van der Waals surface area (Å²) in [5.74, 6) is -0.0628. The molecule has 2 heterocycles. The van der Waals surface area contributed by atoms with Crippen molar-refractivity contribution in [2.45, 2.75) is 6.54 Å². The first-order valence-electron chi connectivity index (χ1n) is 9.51.